The summed E-state index contributed by atoms with van der Waals surface area (Å²) in [5.74, 6) is 0. The summed E-state index contributed by atoms with van der Waals surface area (Å²) in [6.45, 7) is 3.84. The van der Waals surface area contributed by atoms with E-state index in [2.05, 4.69) is 15.7 Å². The Labute approximate surface area is 94.9 Å². The van der Waals surface area contributed by atoms with Crippen molar-refractivity contribution in [3.63, 3.8) is 0 Å². The van der Waals surface area contributed by atoms with E-state index in [-0.39, 0.29) is 5.60 Å². The van der Waals surface area contributed by atoms with Gasteiger partial charge in [-0.25, -0.2) is 4.98 Å². The predicted octanol–water partition coefficient (Wildman–Crippen LogP) is 2.11. The van der Waals surface area contributed by atoms with Gasteiger partial charge in [-0.05, 0) is 26.2 Å². The van der Waals surface area contributed by atoms with Gasteiger partial charge >= 0.3 is 0 Å². The van der Waals surface area contributed by atoms with Crippen LogP contribution in [0.15, 0.2) is 5.38 Å². The average molecular weight is 226 g/mol. The van der Waals surface area contributed by atoms with E-state index in [0.29, 0.717) is 0 Å². The van der Waals surface area contributed by atoms with Crippen molar-refractivity contribution in [1.29, 1.82) is 0 Å². The van der Waals surface area contributed by atoms with E-state index < -0.39 is 0 Å². The Morgan fingerprint density at radius 3 is 2.87 bits per heavy atom. The molecule has 3 nitrogen and oxygen atoms in total. The molecule has 0 radical (unpaired) electrons. The standard InChI is InChI=1S/C11H18N2OS/c1-9-7-15-10(13-9)6-12-8-11(14-2)4-3-5-11/h7,12H,3-6,8H2,1-2H3. The zero-order valence-corrected chi connectivity index (χ0v) is 10.2. The Balaban J connectivity index is 1.74. The molecule has 1 heterocycles. The molecule has 1 aliphatic carbocycles. The van der Waals surface area contributed by atoms with Crippen LogP contribution in [0.25, 0.3) is 0 Å². The number of nitrogens with one attached hydrogen (secondary N) is 1. The van der Waals surface area contributed by atoms with Gasteiger partial charge in [0.2, 0.25) is 0 Å². The molecule has 0 bridgehead atoms. The quantitative estimate of drug-likeness (QED) is 0.835. The highest BCUT2D eigenvalue weighted by molar-refractivity contribution is 7.09. The second kappa shape index (κ2) is 4.60. The van der Waals surface area contributed by atoms with Crippen molar-refractivity contribution in [2.45, 2.75) is 38.3 Å². The molecule has 0 unspecified atom stereocenters. The average Bonchev–Trinajstić information content (AvgIpc) is 2.56. The molecule has 84 valence electrons. The first-order valence-corrected chi connectivity index (χ1v) is 6.29. The monoisotopic (exact) mass is 226 g/mol. The second-order valence-corrected chi connectivity index (χ2v) is 5.17. The number of nitrogens with zero attached hydrogens (tertiary/aromatic N) is 1. The fourth-order valence-electron chi connectivity index (χ4n) is 1.91. The molecule has 0 saturated heterocycles. The summed E-state index contributed by atoms with van der Waals surface area (Å²) in [5, 5.41) is 6.69. The number of methoxy groups -OCH3 is 1. The number of aryl methyl sites for hydroxylation is 1. The molecular weight excluding hydrogens is 208 g/mol. The molecule has 0 atom stereocenters. The minimum absolute atomic E-state index is 0.117. The molecule has 15 heavy (non-hydrogen) atoms. The highest BCUT2D eigenvalue weighted by Crippen LogP contribution is 2.34. The molecule has 0 amide bonds. The molecule has 1 aromatic heterocycles. The molecular formula is C11H18N2OS. The number of hydrogen-bond acceptors (Lipinski definition) is 4. The smallest absolute Gasteiger partial charge is 0.107 e. The van der Waals surface area contributed by atoms with Crippen molar-refractivity contribution in [2.24, 2.45) is 0 Å². The van der Waals surface area contributed by atoms with Crippen LogP contribution in [0, 0.1) is 6.92 Å². The van der Waals surface area contributed by atoms with Crippen molar-refractivity contribution >= 4 is 11.3 Å². The van der Waals surface area contributed by atoms with Gasteiger partial charge in [0, 0.05) is 31.3 Å². The van der Waals surface area contributed by atoms with E-state index in [1.165, 1.54) is 19.3 Å². The Bertz CT molecular complexity index is 315. The second-order valence-electron chi connectivity index (χ2n) is 4.23. The van der Waals surface area contributed by atoms with Crippen molar-refractivity contribution in [3.05, 3.63) is 16.1 Å². The number of thiazole rings is 1. The Morgan fingerprint density at radius 1 is 1.60 bits per heavy atom. The Kier molecular flexibility index (Phi) is 3.38. The predicted molar refractivity (Wildman–Crippen MR) is 62.1 cm³/mol. The minimum atomic E-state index is 0.117. The van der Waals surface area contributed by atoms with E-state index in [1.807, 2.05) is 14.0 Å². The fraction of sp³-hybridized carbons (Fsp3) is 0.727. The zero-order chi connectivity index (χ0) is 10.7. The van der Waals surface area contributed by atoms with Crippen LogP contribution in [0.2, 0.25) is 0 Å². The highest BCUT2D eigenvalue weighted by Gasteiger charge is 2.36. The van der Waals surface area contributed by atoms with Gasteiger partial charge in [0.25, 0.3) is 0 Å². The fourth-order valence-corrected chi connectivity index (χ4v) is 2.65. The summed E-state index contributed by atoms with van der Waals surface area (Å²) in [6, 6.07) is 0. The molecule has 1 aromatic rings. The molecule has 2 rings (SSSR count). The summed E-state index contributed by atoms with van der Waals surface area (Å²) >= 11 is 1.72. The number of ether oxygens (including phenoxy) is 1. The lowest BCUT2D eigenvalue weighted by molar-refractivity contribution is -0.0695. The van der Waals surface area contributed by atoms with Crippen molar-refractivity contribution in [3.8, 4) is 0 Å². The van der Waals surface area contributed by atoms with E-state index in [0.717, 1.165) is 23.8 Å². The van der Waals surface area contributed by atoms with Crippen LogP contribution in [0.4, 0.5) is 0 Å². The van der Waals surface area contributed by atoms with E-state index in [1.54, 1.807) is 11.3 Å². The molecule has 1 fully saturated rings. The third kappa shape index (κ3) is 2.56. The largest absolute Gasteiger partial charge is 0.377 e. The summed E-state index contributed by atoms with van der Waals surface area (Å²) in [5.41, 5.74) is 1.23. The third-order valence-electron chi connectivity index (χ3n) is 3.09. The SMILES string of the molecule is COC1(CNCc2nc(C)cs2)CCC1. The summed E-state index contributed by atoms with van der Waals surface area (Å²) in [6.07, 6.45) is 3.67. The molecule has 0 spiro atoms. The highest BCUT2D eigenvalue weighted by atomic mass is 32.1. The maximum atomic E-state index is 5.54. The maximum Gasteiger partial charge on any atom is 0.107 e. The van der Waals surface area contributed by atoms with Gasteiger partial charge in [-0.2, -0.15) is 0 Å². The summed E-state index contributed by atoms with van der Waals surface area (Å²) in [4.78, 5) is 4.42. The lowest BCUT2D eigenvalue weighted by Crippen LogP contribution is -2.47. The lowest BCUT2D eigenvalue weighted by Gasteiger charge is -2.40. The van der Waals surface area contributed by atoms with Gasteiger partial charge in [0.1, 0.15) is 5.01 Å². The van der Waals surface area contributed by atoms with E-state index in [4.69, 9.17) is 4.74 Å². The molecule has 0 aromatic carbocycles. The van der Waals surface area contributed by atoms with Gasteiger partial charge < -0.3 is 10.1 Å². The first-order chi connectivity index (χ1) is 7.24. The minimum Gasteiger partial charge on any atom is -0.377 e. The first kappa shape index (κ1) is 11.0. The van der Waals surface area contributed by atoms with Crippen molar-refractivity contribution < 1.29 is 4.74 Å². The van der Waals surface area contributed by atoms with Crippen LogP contribution in [-0.2, 0) is 11.3 Å². The van der Waals surface area contributed by atoms with Crippen LogP contribution in [0.1, 0.15) is 30.0 Å². The van der Waals surface area contributed by atoms with Crippen molar-refractivity contribution in [1.82, 2.24) is 10.3 Å². The van der Waals surface area contributed by atoms with Crippen LogP contribution >= 0.6 is 11.3 Å². The van der Waals surface area contributed by atoms with Crippen molar-refractivity contribution in [2.75, 3.05) is 13.7 Å². The Morgan fingerprint density at radius 2 is 2.40 bits per heavy atom. The van der Waals surface area contributed by atoms with Gasteiger partial charge in [0.15, 0.2) is 0 Å². The first-order valence-electron chi connectivity index (χ1n) is 5.41. The molecule has 1 saturated carbocycles. The summed E-state index contributed by atoms with van der Waals surface area (Å²) < 4.78 is 5.54. The normalized spacial score (nSPS) is 18.8. The van der Waals surface area contributed by atoms with Crippen LogP contribution in [-0.4, -0.2) is 24.2 Å². The maximum absolute atomic E-state index is 5.54. The third-order valence-corrected chi connectivity index (χ3v) is 4.05. The molecule has 4 heteroatoms. The Hall–Kier alpha value is -0.450. The van der Waals surface area contributed by atoms with Gasteiger partial charge in [-0.1, -0.05) is 0 Å². The van der Waals surface area contributed by atoms with Crippen LogP contribution < -0.4 is 5.32 Å². The lowest BCUT2D eigenvalue weighted by atomic mass is 9.80. The van der Waals surface area contributed by atoms with Gasteiger partial charge in [-0.3, -0.25) is 0 Å². The molecule has 0 aliphatic heterocycles. The summed E-state index contributed by atoms with van der Waals surface area (Å²) in [7, 11) is 1.81. The van der Waals surface area contributed by atoms with Crippen LogP contribution in [0.5, 0.6) is 0 Å². The molecule has 1 aliphatic rings. The topological polar surface area (TPSA) is 34.1 Å². The van der Waals surface area contributed by atoms with E-state index >= 15 is 0 Å². The number of rotatable bonds is 5. The van der Waals surface area contributed by atoms with Crippen LogP contribution in [0.3, 0.4) is 0 Å². The zero-order valence-electron chi connectivity index (χ0n) is 9.38. The van der Waals surface area contributed by atoms with E-state index in [9.17, 15) is 0 Å². The molecule has 1 N–H and O–H groups in total. The van der Waals surface area contributed by atoms with Gasteiger partial charge in [0.05, 0.1) is 5.60 Å². The number of hydrogen-bond donors (Lipinski definition) is 1. The van der Waals surface area contributed by atoms with Gasteiger partial charge in [-0.15, -0.1) is 11.3 Å². The number of aromatic nitrogens is 1.